The lowest BCUT2D eigenvalue weighted by Crippen LogP contribution is -2.34. The van der Waals surface area contributed by atoms with Gasteiger partial charge in [-0.05, 0) is 35.8 Å². The van der Waals surface area contributed by atoms with E-state index in [2.05, 4.69) is 23.2 Å². The Balaban J connectivity index is 1.46. The van der Waals surface area contributed by atoms with E-state index in [0.29, 0.717) is 29.7 Å². The lowest BCUT2D eigenvalue weighted by atomic mass is 9.99. The third-order valence-electron chi connectivity index (χ3n) is 5.36. The highest BCUT2D eigenvalue weighted by Crippen LogP contribution is 2.23. The maximum atomic E-state index is 13.0. The number of aromatic nitrogens is 2. The van der Waals surface area contributed by atoms with Crippen molar-refractivity contribution in [2.24, 2.45) is 0 Å². The minimum Gasteiger partial charge on any atom is -0.335 e. The van der Waals surface area contributed by atoms with Gasteiger partial charge in [0.2, 0.25) is 0 Å². The number of hydrogen-bond acceptors (Lipinski definition) is 2. The molecular weight excluding hydrogens is 350 g/mol. The number of nitrogens with one attached hydrogen (secondary N) is 1. The van der Waals surface area contributed by atoms with Crippen molar-refractivity contribution in [2.75, 3.05) is 13.1 Å². The fraction of sp³-hybridized carbons (Fsp3) is 0.130. The van der Waals surface area contributed by atoms with E-state index < -0.39 is 0 Å². The molecule has 0 spiro atoms. The Morgan fingerprint density at radius 3 is 2.57 bits per heavy atom. The van der Waals surface area contributed by atoms with E-state index in [0.717, 1.165) is 11.9 Å². The number of rotatable bonds is 2. The van der Waals surface area contributed by atoms with Gasteiger partial charge in [0.05, 0.1) is 16.5 Å². The minimum atomic E-state index is -0.145. The summed E-state index contributed by atoms with van der Waals surface area (Å²) in [6.07, 6.45) is 4.78. The number of benzene rings is 2. The zero-order valence-electron chi connectivity index (χ0n) is 15.3. The Morgan fingerprint density at radius 1 is 1.00 bits per heavy atom. The van der Waals surface area contributed by atoms with Gasteiger partial charge >= 0.3 is 0 Å². The van der Waals surface area contributed by atoms with Crippen LogP contribution >= 0.6 is 0 Å². The number of hydrogen-bond donors (Lipinski definition) is 1. The highest BCUT2D eigenvalue weighted by Gasteiger charge is 2.21. The molecule has 0 fully saturated rings. The number of carbonyl (C=O) groups is 1. The molecule has 0 aliphatic carbocycles. The van der Waals surface area contributed by atoms with Crippen LogP contribution in [0.3, 0.4) is 0 Å². The largest absolute Gasteiger partial charge is 0.335 e. The molecule has 1 N–H and O–H groups in total. The fourth-order valence-corrected chi connectivity index (χ4v) is 3.89. The van der Waals surface area contributed by atoms with Crippen molar-refractivity contribution in [3.8, 4) is 0 Å². The van der Waals surface area contributed by atoms with Crippen LogP contribution in [0.1, 0.15) is 22.3 Å². The lowest BCUT2D eigenvalue weighted by Gasteiger charge is -2.26. The summed E-state index contributed by atoms with van der Waals surface area (Å²) in [7, 11) is 0. The summed E-state index contributed by atoms with van der Waals surface area (Å²) in [5, 5.41) is 0.609. The highest BCUT2D eigenvalue weighted by atomic mass is 16.2. The number of carbonyl (C=O) groups excluding carboxylic acids is 1. The number of nitrogens with zero attached hydrogens (tertiary/aromatic N) is 2. The van der Waals surface area contributed by atoms with Gasteiger partial charge in [0.15, 0.2) is 0 Å². The molecule has 0 bridgehead atoms. The first kappa shape index (κ1) is 16.6. The van der Waals surface area contributed by atoms with Crippen molar-refractivity contribution in [1.29, 1.82) is 0 Å². The van der Waals surface area contributed by atoms with E-state index in [1.807, 2.05) is 51.9 Å². The van der Waals surface area contributed by atoms with Crippen molar-refractivity contribution in [3.05, 3.63) is 94.4 Å². The van der Waals surface area contributed by atoms with Crippen LogP contribution in [0.15, 0.2) is 77.7 Å². The number of fused-ring (bicyclic) bond motifs is 3. The quantitative estimate of drug-likeness (QED) is 0.586. The molecule has 138 valence electrons. The number of amides is 1. The summed E-state index contributed by atoms with van der Waals surface area (Å²) < 4.78 is 1.87. The first-order chi connectivity index (χ1) is 13.7. The molecule has 28 heavy (non-hydrogen) atoms. The summed E-state index contributed by atoms with van der Waals surface area (Å²) >= 11 is 0. The van der Waals surface area contributed by atoms with Crippen LogP contribution in [0.25, 0.3) is 22.1 Å². The van der Waals surface area contributed by atoms with Crippen LogP contribution in [0.4, 0.5) is 0 Å². The molecule has 5 nitrogen and oxygen atoms in total. The van der Waals surface area contributed by atoms with E-state index in [1.165, 1.54) is 11.1 Å². The first-order valence-electron chi connectivity index (χ1n) is 9.37. The van der Waals surface area contributed by atoms with E-state index in [4.69, 9.17) is 0 Å². The second-order valence-electron chi connectivity index (χ2n) is 7.05. The Hall–Kier alpha value is -3.60. The molecule has 0 saturated carbocycles. The van der Waals surface area contributed by atoms with Crippen molar-refractivity contribution in [2.45, 2.75) is 6.42 Å². The Bertz CT molecular complexity index is 1280. The van der Waals surface area contributed by atoms with Crippen LogP contribution in [-0.4, -0.2) is 33.3 Å². The second kappa shape index (κ2) is 6.53. The highest BCUT2D eigenvalue weighted by molar-refractivity contribution is 5.96. The van der Waals surface area contributed by atoms with Crippen LogP contribution in [-0.2, 0) is 0 Å². The van der Waals surface area contributed by atoms with Gasteiger partial charge in [0.1, 0.15) is 5.65 Å². The summed E-state index contributed by atoms with van der Waals surface area (Å²) in [6.45, 7) is 1.27. The van der Waals surface area contributed by atoms with E-state index in [-0.39, 0.29) is 11.5 Å². The van der Waals surface area contributed by atoms with Crippen molar-refractivity contribution < 1.29 is 4.79 Å². The summed E-state index contributed by atoms with van der Waals surface area (Å²) in [6, 6.07) is 19.4. The molecular formula is C23H19N3O2. The van der Waals surface area contributed by atoms with Crippen molar-refractivity contribution >= 4 is 28.0 Å². The normalized spacial score (nSPS) is 14.4. The predicted octanol–water partition coefficient (Wildman–Crippen LogP) is 3.71. The molecule has 0 radical (unpaired) electrons. The van der Waals surface area contributed by atoms with E-state index in [9.17, 15) is 9.59 Å². The third kappa shape index (κ3) is 2.72. The van der Waals surface area contributed by atoms with Crippen LogP contribution < -0.4 is 5.56 Å². The van der Waals surface area contributed by atoms with Gasteiger partial charge < -0.3 is 14.3 Å². The average Bonchev–Trinajstić information content (AvgIpc) is 3.18. The molecule has 0 atom stereocenters. The SMILES string of the molecule is O=C(c1cc2[nH]c(=O)c3ccccc3n2c1)N1CC=C(c2ccccc2)CC1. The summed E-state index contributed by atoms with van der Waals surface area (Å²) in [4.78, 5) is 30.0. The number of H-pyrrole nitrogens is 1. The Kier molecular flexibility index (Phi) is 3.86. The lowest BCUT2D eigenvalue weighted by molar-refractivity contribution is 0.0773. The fourth-order valence-electron chi connectivity index (χ4n) is 3.89. The molecule has 5 rings (SSSR count). The molecule has 1 aliphatic rings. The maximum absolute atomic E-state index is 13.0. The number of para-hydroxylation sites is 1. The zero-order valence-corrected chi connectivity index (χ0v) is 15.3. The van der Waals surface area contributed by atoms with Crippen molar-refractivity contribution in [3.63, 3.8) is 0 Å². The molecule has 2 aromatic carbocycles. The van der Waals surface area contributed by atoms with Gasteiger partial charge in [-0.25, -0.2) is 0 Å². The maximum Gasteiger partial charge on any atom is 0.258 e. The van der Waals surface area contributed by atoms with Gasteiger partial charge in [-0.2, -0.15) is 0 Å². The average molecular weight is 369 g/mol. The van der Waals surface area contributed by atoms with Crippen LogP contribution in [0.2, 0.25) is 0 Å². The van der Waals surface area contributed by atoms with Gasteiger partial charge in [0, 0.05) is 19.3 Å². The molecule has 5 heteroatoms. The molecule has 2 aromatic heterocycles. The van der Waals surface area contributed by atoms with Crippen LogP contribution in [0, 0.1) is 0 Å². The van der Waals surface area contributed by atoms with Gasteiger partial charge in [-0.3, -0.25) is 9.59 Å². The second-order valence-corrected chi connectivity index (χ2v) is 7.05. The summed E-state index contributed by atoms with van der Waals surface area (Å²) in [5.74, 6) is -0.0167. The predicted molar refractivity (Wildman–Crippen MR) is 110 cm³/mol. The monoisotopic (exact) mass is 369 g/mol. The molecule has 3 heterocycles. The summed E-state index contributed by atoms with van der Waals surface area (Å²) in [5.41, 5.74) is 4.36. The van der Waals surface area contributed by atoms with Crippen LogP contribution in [0.5, 0.6) is 0 Å². The van der Waals surface area contributed by atoms with Gasteiger partial charge in [-0.15, -0.1) is 0 Å². The van der Waals surface area contributed by atoms with E-state index in [1.54, 1.807) is 12.1 Å². The number of aromatic amines is 1. The first-order valence-corrected chi connectivity index (χ1v) is 9.37. The Labute approximate surface area is 161 Å². The molecule has 4 aromatic rings. The molecule has 1 amide bonds. The smallest absolute Gasteiger partial charge is 0.258 e. The van der Waals surface area contributed by atoms with E-state index >= 15 is 0 Å². The Morgan fingerprint density at radius 2 is 1.79 bits per heavy atom. The minimum absolute atomic E-state index is 0.0167. The third-order valence-corrected chi connectivity index (χ3v) is 5.36. The molecule has 1 aliphatic heterocycles. The standard InChI is InChI=1S/C23H19N3O2/c27-22-19-8-4-5-9-20(19)26-15-18(14-21(26)24-22)23(28)25-12-10-17(11-13-25)16-6-2-1-3-7-16/h1-10,14-15H,11-13H2,(H,24,27). The molecule has 0 saturated heterocycles. The van der Waals surface area contributed by atoms with Gasteiger partial charge in [-0.1, -0.05) is 48.5 Å². The molecule has 0 unspecified atom stereocenters. The topological polar surface area (TPSA) is 57.6 Å². The van der Waals surface area contributed by atoms with Gasteiger partial charge in [0.25, 0.3) is 11.5 Å². The van der Waals surface area contributed by atoms with Crippen molar-refractivity contribution in [1.82, 2.24) is 14.3 Å². The zero-order chi connectivity index (χ0) is 19.1.